The predicted molar refractivity (Wildman–Crippen MR) is 75.5 cm³/mol. The van der Waals surface area contributed by atoms with Crippen LogP contribution < -0.4 is 0 Å². The van der Waals surface area contributed by atoms with Gasteiger partial charge in [-0.05, 0) is 25.2 Å². The SMILES string of the molecule is CCCCCCCCCCC1CCC(O)C(F)C1. The minimum absolute atomic E-state index is 0.531. The monoisotopic (exact) mass is 258 g/mol. The molecule has 1 rings (SSSR count). The van der Waals surface area contributed by atoms with Gasteiger partial charge in [0.15, 0.2) is 0 Å². The molecule has 108 valence electrons. The van der Waals surface area contributed by atoms with Crippen LogP contribution in [0, 0.1) is 5.92 Å². The molecule has 1 N–H and O–H groups in total. The van der Waals surface area contributed by atoms with Crippen LogP contribution in [0.1, 0.15) is 84.0 Å². The Hall–Kier alpha value is -0.110. The van der Waals surface area contributed by atoms with Gasteiger partial charge in [0.1, 0.15) is 6.17 Å². The van der Waals surface area contributed by atoms with Crippen LogP contribution >= 0.6 is 0 Å². The Bertz CT molecular complexity index is 196. The molecule has 0 heterocycles. The van der Waals surface area contributed by atoms with Gasteiger partial charge in [0.2, 0.25) is 0 Å². The van der Waals surface area contributed by atoms with Crippen LogP contribution in [-0.4, -0.2) is 17.4 Å². The first-order valence-corrected chi connectivity index (χ1v) is 8.06. The Morgan fingerprint density at radius 3 is 2.17 bits per heavy atom. The number of hydrogen-bond acceptors (Lipinski definition) is 1. The number of aliphatic hydroxyl groups excluding tert-OH is 1. The van der Waals surface area contributed by atoms with Gasteiger partial charge in [0.05, 0.1) is 6.10 Å². The lowest BCUT2D eigenvalue weighted by atomic mass is 9.83. The first-order chi connectivity index (χ1) is 8.74. The molecule has 1 aliphatic carbocycles. The lowest BCUT2D eigenvalue weighted by molar-refractivity contribution is 0.0225. The molecule has 0 radical (unpaired) electrons. The summed E-state index contributed by atoms with van der Waals surface area (Å²) in [5, 5.41) is 9.33. The molecule has 3 atom stereocenters. The smallest absolute Gasteiger partial charge is 0.126 e. The van der Waals surface area contributed by atoms with Gasteiger partial charge < -0.3 is 5.11 Å². The van der Waals surface area contributed by atoms with Gasteiger partial charge in [-0.3, -0.25) is 0 Å². The number of halogens is 1. The average Bonchev–Trinajstić information content (AvgIpc) is 2.37. The molecule has 0 spiro atoms. The Morgan fingerprint density at radius 1 is 0.944 bits per heavy atom. The molecule has 0 bridgehead atoms. The second-order valence-corrected chi connectivity index (χ2v) is 6.03. The van der Waals surface area contributed by atoms with Crippen molar-refractivity contribution >= 4 is 0 Å². The van der Waals surface area contributed by atoms with E-state index in [0.717, 1.165) is 6.42 Å². The maximum atomic E-state index is 13.3. The van der Waals surface area contributed by atoms with Crippen molar-refractivity contribution in [3.05, 3.63) is 0 Å². The molecule has 1 saturated carbocycles. The maximum Gasteiger partial charge on any atom is 0.126 e. The van der Waals surface area contributed by atoms with E-state index in [1.807, 2.05) is 0 Å². The molecule has 0 aromatic rings. The maximum absolute atomic E-state index is 13.3. The lowest BCUT2D eigenvalue weighted by Gasteiger charge is -2.28. The third-order valence-corrected chi connectivity index (χ3v) is 4.31. The van der Waals surface area contributed by atoms with Gasteiger partial charge in [-0.15, -0.1) is 0 Å². The topological polar surface area (TPSA) is 20.2 Å². The number of alkyl halides is 1. The average molecular weight is 258 g/mol. The van der Waals surface area contributed by atoms with E-state index in [1.165, 1.54) is 57.8 Å². The summed E-state index contributed by atoms with van der Waals surface area (Å²) in [7, 11) is 0. The highest BCUT2D eigenvalue weighted by Gasteiger charge is 2.28. The summed E-state index contributed by atoms with van der Waals surface area (Å²) in [4.78, 5) is 0. The van der Waals surface area contributed by atoms with E-state index in [2.05, 4.69) is 6.92 Å². The largest absolute Gasteiger partial charge is 0.390 e. The highest BCUT2D eigenvalue weighted by atomic mass is 19.1. The molecule has 0 aliphatic heterocycles. The van der Waals surface area contributed by atoms with Gasteiger partial charge in [-0.25, -0.2) is 4.39 Å². The number of hydrogen-bond donors (Lipinski definition) is 1. The Balaban J connectivity index is 1.89. The quantitative estimate of drug-likeness (QED) is 0.576. The van der Waals surface area contributed by atoms with E-state index in [1.54, 1.807) is 0 Å². The van der Waals surface area contributed by atoms with Gasteiger partial charge in [-0.1, -0.05) is 64.7 Å². The van der Waals surface area contributed by atoms with Crippen molar-refractivity contribution in [2.75, 3.05) is 0 Å². The molecule has 1 aliphatic rings. The van der Waals surface area contributed by atoms with Gasteiger partial charge in [-0.2, -0.15) is 0 Å². The standard InChI is InChI=1S/C16H31FO/c1-2-3-4-5-6-7-8-9-10-14-11-12-16(18)15(17)13-14/h14-16,18H,2-13H2,1H3. The summed E-state index contributed by atoms with van der Waals surface area (Å²) in [6.07, 6.45) is 12.6. The van der Waals surface area contributed by atoms with Crippen molar-refractivity contribution in [2.24, 2.45) is 5.92 Å². The van der Waals surface area contributed by atoms with Crippen molar-refractivity contribution in [2.45, 2.75) is 96.2 Å². The van der Waals surface area contributed by atoms with Gasteiger partial charge in [0.25, 0.3) is 0 Å². The summed E-state index contributed by atoms with van der Waals surface area (Å²) in [5.41, 5.74) is 0. The van der Waals surface area contributed by atoms with E-state index in [4.69, 9.17) is 0 Å². The molecule has 0 aromatic heterocycles. The van der Waals surface area contributed by atoms with E-state index in [-0.39, 0.29) is 0 Å². The molecule has 18 heavy (non-hydrogen) atoms. The van der Waals surface area contributed by atoms with Crippen molar-refractivity contribution < 1.29 is 9.50 Å². The summed E-state index contributed by atoms with van der Waals surface area (Å²) in [6.45, 7) is 2.25. The van der Waals surface area contributed by atoms with Crippen LogP contribution in [0.4, 0.5) is 4.39 Å². The van der Waals surface area contributed by atoms with E-state index in [0.29, 0.717) is 18.8 Å². The third-order valence-electron chi connectivity index (χ3n) is 4.31. The van der Waals surface area contributed by atoms with E-state index in [9.17, 15) is 9.50 Å². The van der Waals surface area contributed by atoms with Gasteiger partial charge in [0, 0.05) is 0 Å². The minimum atomic E-state index is -0.960. The first-order valence-electron chi connectivity index (χ1n) is 8.06. The van der Waals surface area contributed by atoms with Crippen LogP contribution in [0.2, 0.25) is 0 Å². The third kappa shape index (κ3) is 6.72. The van der Waals surface area contributed by atoms with Crippen molar-refractivity contribution in [3.8, 4) is 0 Å². The number of rotatable bonds is 9. The zero-order chi connectivity index (χ0) is 13.2. The Kier molecular flexibility index (Phi) is 8.66. The molecular weight excluding hydrogens is 227 g/mol. The molecule has 1 nitrogen and oxygen atoms in total. The molecule has 0 amide bonds. The second-order valence-electron chi connectivity index (χ2n) is 6.03. The summed E-state index contributed by atoms with van der Waals surface area (Å²) >= 11 is 0. The molecule has 2 heteroatoms. The normalized spacial score (nSPS) is 28.5. The lowest BCUT2D eigenvalue weighted by Crippen LogP contribution is -2.30. The number of aliphatic hydroxyl groups is 1. The highest BCUT2D eigenvalue weighted by Crippen LogP contribution is 2.30. The summed E-state index contributed by atoms with van der Waals surface area (Å²) in [5.74, 6) is 0.531. The minimum Gasteiger partial charge on any atom is -0.390 e. The van der Waals surface area contributed by atoms with E-state index >= 15 is 0 Å². The predicted octanol–water partition coefficient (Wildman–Crippen LogP) is 5.02. The summed E-state index contributed by atoms with van der Waals surface area (Å²) in [6, 6.07) is 0. The fourth-order valence-electron chi connectivity index (χ4n) is 3.01. The zero-order valence-electron chi connectivity index (χ0n) is 12.0. The molecule has 0 saturated heterocycles. The highest BCUT2D eigenvalue weighted by molar-refractivity contribution is 4.79. The van der Waals surface area contributed by atoms with Crippen LogP contribution in [0.3, 0.4) is 0 Å². The number of unbranched alkanes of at least 4 members (excludes halogenated alkanes) is 7. The first kappa shape index (κ1) is 15.9. The fraction of sp³-hybridized carbons (Fsp3) is 1.00. The Labute approximate surface area is 112 Å². The van der Waals surface area contributed by atoms with Crippen molar-refractivity contribution in [3.63, 3.8) is 0 Å². The van der Waals surface area contributed by atoms with Crippen LogP contribution in [-0.2, 0) is 0 Å². The Morgan fingerprint density at radius 2 is 1.56 bits per heavy atom. The second kappa shape index (κ2) is 9.77. The van der Waals surface area contributed by atoms with E-state index < -0.39 is 12.3 Å². The fourth-order valence-corrected chi connectivity index (χ4v) is 3.01. The van der Waals surface area contributed by atoms with Crippen molar-refractivity contribution in [1.29, 1.82) is 0 Å². The summed E-state index contributed by atoms with van der Waals surface area (Å²) < 4.78 is 13.3. The van der Waals surface area contributed by atoms with Gasteiger partial charge >= 0.3 is 0 Å². The molecule has 1 fully saturated rings. The molecule has 0 aromatic carbocycles. The van der Waals surface area contributed by atoms with Crippen LogP contribution in [0.15, 0.2) is 0 Å². The van der Waals surface area contributed by atoms with Crippen molar-refractivity contribution in [1.82, 2.24) is 0 Å². The van der Waals surface area contributed by atoms with Crippen LogP contribution in [0.5, 0.6) is 0 Å². The zero-order valence-corrected chi connectivity index (χ0v) is 12.0. The molecular formula is C16H31FO. The molecule has 3 unspecified atom stereocenters. The van der Waals surface area contributed by atoms with Crippen LogP contribution in [0.25, 0.3) is 0 Å².